The zero-order valence-corrected chi connectivity index (χ0v) is 12.4. The second-order valence-electron chi connectivity index (χ2n) is 5.24. The number of hydrogen-bond acceptors (Lipinski definition) is 2. The molecule has 20 heavy (non-hydrogen) atoms. The lowest BCUT2D eigenvalue weighted by molar-refractivity contribution is 0.0944. The third kappa shape index (κ3) is 3.53. The first-order valence-corrected chi connectivity index (χ1v) is 7.25. The van der Waals surface area contributed by atoms with E-state index in [9.17, 15) is 4.79 Å². The first kappa shape index (κ1) is 14.9. The highest BCUT2D eigenvalue weighted by Crippen LogP contribution is 2.47. The molecule has 3 nitrogen and oxygen atoms in total. The van der Waals surface area contributed by atoms with Crippen LogP contribution in [0.1, 0.15) is 42.1 Å². The molecule has 2 rings (SSSR count). The van der Waals surface area contributed by atoms with Crippen LogP contribution in [0.25, 0.3) is 0 Å². The van der Waals surface area contributed by atoms with Gasteiger partial charge in [-0.1, -0.05) is 30.4 Å². The Morgan fingerprint density at radius 2 is 2.25 bits per heavy atom. The van der Waals surface area contributed by atoms with Gasteiger partial charge in [-0.25, -0.2) is 0 Å². The lowest BCUT2D eigenvalue weighted by atomic mass is 10.0. The van der Waals surface area contributed by atoms with Gasteiger partial charge < -0.3 is 11.1 Å². The largest absolute Gasteiger partial charge is 0.351 e. The van der Waals surface area contributed by atoms with E-state index in [0.29, 0.717) is 21.6 Å². The summed E-state index contributed by atoms with van der Waals surface area (Å²) in [6.07, 6.45) is 3.53. The normalized spacial score (nSPS) is 15.2. The molecule has 0 atom stereocenters. The Balaban J connectivity index is 2.01. The Morgan fingerprint density at radius 1 is 1.50 bits per heavy atom. The lowest BCUT2D eigenvalue weighted by Crippen LogP contribution is -2.29. The topological polar surface area (TPSA) is 55.1 Å². The lowest BCUT2D eigenvalue weighted by Gasteiger charge is -2.13. The van der Waals surface area contributed by atoms with Gasteiger partial charge >= 0.3 is 0 Å². The van der Waals surface area contributed by atoms with E-state index in [1.807, 2.05) is 0 Å². The summed E-state index contributed by atoms with van der Waals surface area (Å²) < 4.78 is 0. The summed E-state index contributed by atoms with van der Waals surface area (Å²) in [7, 11) is 0. The molecule has 1 fully saturated rings. The summed E-state index contributed by atoms with van der Waals surface area (Å²) in [5, 5.41) is 3.47. The van der Waals surface area contributed by atoms with Crippen LogP contribution in [0.5, 0.6) is 0 Å². The van der Waals surface area contributed by atoms with E-state index in [1.165, 1.54) is 12.8 Å². The van der Waals surface area contributed by atoms with Crippen molar-refractivity contribution in [2.75, 3.05) is 13.1 Å². The van der Waals surface area contributed by atoms with Gasteiger partial charge in [0, 0.05) is 17.7 Å². The van der Waals surface area contributed by atoms with E-state index >= 15 is 0 Å². The number of amides is 1. The summed E-state index contributed by atoms with van der Waals surface area (Å²) in [5.74, 6) is 5.54. The Kier molecular flexibility index (Phi) is 4.69. The van der Waals surface area contributed by atoms with Crippen LogP contribution in [0.4, 0.5) is 0 Å². The molecule has 0 radical (unpaired) electrons. The number of carbonyl (C=O) groups is 1. The van der Waals surface area contributed by atoms with Crippen LogP contribution < -0.4 is 11.1 Å². The number of rotatable bonds is 4. The number of carbonyl (C=O) groups excluding carboxylic acids is 1. The van der Waals surface area contributed by atoms with Gasteiger partial charge in [-0.2, -0.15) is 0 Å². The molecule has 0 heterocycles. The van der Waals surface area contributed by atoms with E-state index in [1.54, 1.807) is 18.2 Å². The Hall–Kier alpha value is -1.50. The first-order valence-electron chi connectivity index (χ1n) is 6.87. The summed E-state index contributed by atoms with van der Waals surface area (Å²) >= 11 is 6.12. The smallest absolute Gasteiger partial charge is 0.251 e. The summed E-state index contributed by atoms with van der Waals surface area (Å²) in [4.78, 5) is 12.1. The summed E-state index contributed by atoms with van der Waals surface area (Å²) in [6.45, 7) is 3.20. The van der Waals surface area contributed by atoms with E-state index in [2.05, 4.69) is 24.1 Å². The van der Waals surface area contributed by atoms with Crippen LogP contribution >= 0.6 is 11.6 Å². The fourth-order valence-electron chi connectivity index (χ4n) is 2.11. The van der Waals surface area contributed by atoms with Crippen molar-refractivity contribution in [1.82, 2.24) is 5.32 Å². The van der Waals surface area contributed by atoms with Crippen LogP contribution in [0, 0.1) is 17.3 Å². The fourth-order valence-corrected chi connectivity index (χ4v) is 2.33. The van der Waals surface area contributed by atoms with Crippen LogP contribution in [0.3, 0.4) is 0 Å². The molecule has 0 spiro atoms. The molecule has 4 heteroatoms. The monoisotopic (exact) mass is 290 g/mol. The van der Waals surface area contributed by atoms with E-state index in [4.69, 9.17) is 17.3 Å². The van der Waals surface area contributed by atoms with Gasteiger partial charge in [-0.15, -0.1) is 0 Å². The highest BCUT2D eigenvalue weighted by atomic mass is 35.5. The standard InChI is InChI=1S/C16H19ClN2O/c1-2-16(7-8-16)11-19-15(20)13-6-5-12(4-3-9-18)14(17)10-13/h5-6,10H,2,7-9,11,18H2,1H3,(H,19,20). The zero-order chi connectivity index (χ0) is 14.6. The second-order valence-corrected chi connectivity index (χ2v) is 5.64. The minimum atomic E-state index is -0.0787. The molecule has 0 bridgehead atoms. The van der Waals surface area contributed by atoms with Crippen molar-refractivity contribution in [2.24, 2.45) is 11.1 Å². The Morgan fingerprint density at radius 3 is 2.80 bits per heavy atom. The van der Waals surface area contributed by atoms with E-state index in [0.717, 1.165) is 13.0 Å². The molecule has 106 valence electrons. The minimum absolute atomic E-state index is 0.0787. The highest BCUT2D eigenvalue weighted by molar-refractivity contribution is 6.32. The van der Waals surface area contributed by atoms with Crippen molar-refractivity contribution in [3.63, 3.8) is 0 Å². The third-order valence-electron chi connectivity index (χ3n) is 3.89. The maximum Gasteiger partial charge on any atom is 0.251 e. The zero-order valence-electron chi connectivity index (χ0n) is 11.6. The second kappa shape index (κ2) is 6.30. The molecule has 0 unspecified atom stereocenters. The number of halogens is 1. The molecule has 0 saturated heterocycles. The molecule has 3 N–H and O–H groups in total. The molecule has 1 aliphatic carbocycles. The van der Waals surface area contributed by atoms with Crippen LogP contribution in [0.2, 0.25) is 5.02 Å². The predicted octanol–water partition coefficient (Wildman–Crippen LogP) is 2.57. The molecule has 0 aromatic heterocycles. The van der Waals surface area contributed by atoms with Crippen molar-refractivity contribution in [3.05, 3.63) is 34.3 Å². The van der Waals surface area contributed by atoms with Crippen molar-refractivity contribution in [2.45, 2.75) is 26.2 Å². The maximum atomic E-state index is 12.1. The van der Waals surface area contributed by atoms with Crippen LogP contribution in [-0.4, -0.2) is 19.0 Å². The Labute approximate surface area is 124 Å². The predicted molar refractivity (Wildman–Crippen MR) is 81.7 cm³/mol. The third-order valence-corrected chi connectivity index (χ3v) is 4.20. The van der Waals surface area contributed by atoms with Crippen LogP contribution in [-0.2, 0) is 0 Å². The average molecular weight is 291 g/mol. The molecule has 0 aliphatic heterocycles. The molecular formula is C16H19ClN2O. The maximum absolute atomic E-state index is 12.1. The van der Waals surface area contributed by atoms with Crippen molar-refractivity contribution in [1.29, 1.82) is 0 Å². The van der Waals surface area contributed by atoms with Crippen molar-refractivity contribution >= 4 is 17.5 Å². The summed E-state index contributed by atoms with van der Waals surface area (Å²) in [6, 6.07) is 5.16. The van der Waals surface area contributed by atoms with Gasteiger partial charge in [0.25, 0.3) is 5.91 Å². The quantitative estimate of drug-likeness (QED) is 0.838. The first-order chi connectivity index (χ1) is 9.60. The average Bonchev–Trinajstić information content (AvgIpc) is 3.24. The number of hydrogen-bond donors (Lipinski definition) is 2. The van der Waals surface area contributed by atoms with Gasteiger partial charge in [-0.3, -0.25) is 4.79 Å². The van der Waals surface area contributed by atoms with Gasteiger partial charge in [0.2, 0.25) is 0 Å². The molecule has 1 aliphatic rings. The minimum Gasteiger partial charge on any atom is -0.351 e. The van der Waals surface area contributed by atoms with E-state index < -0.39 is 0 Å². The SMILES string of the molecule is CCC1(CNC(=O)c2ccc(C#CCN)c(Cl)c2)CC1. The fraction of sp³-hybridized carbons (Fsp3) is 0.438. The summed E-state index contributed by atoms with van der Waals surface area (Å²) in [5.41, 5.74) is 6.93. The molecule has 1 amide bonds. The van der Waals surface area contributed by atoms with Crippen LogP contribution in [0.15, 0.2) is 18.2 Å². The molecular weight excluding hydrogens is 272 g/mol. The number of benzene rings is 1. The van der Waals surface area contributed by atoms with Gasteiger partial charge in [-0.05, 0) is 42.9 Å². The Bertz CT molecular complexity index is 568. The molecule has 1 aromatic rings. The van der Waals surface area contributed by atoms with Gasteiger partial charge in [0.15, 0.2) is 0 Å². The van der Waals surface area contributed by atoms with Gasteiger partial charge in [0.05, 0.1) is 11.6 Å². The number of nitrogens with one attached hydrogen (secondary N) is 1. The molecule has 1 saturated carbocycles. The van der Waals surface area contributed by atoms with E-state index in [-0.39, 0.29) is 12.5 Å². The number of nitrogens with two attached hydrogens (primary N) is 1. The van der Waals surface area contributed by atoms with Gasteiger partial charge in [0.1, 0.15) is 0 Å². The molecule has 1 aromatic carbocycles. The van der Waals surface area contributed by atoms with Crippen molar-refractivity contribution < 1.29 is 4.79 Å². The van der Waals surface area contributed by atoms with Crippen molar-refractivity contribution in [3.8, 4) is 11.8 Å². The highest BCUT2D eigenvalue weighted by Gasteiger charge is 2.40.